The van der Waals surface area contributed by atoms with Crippen molar-refractivity contribution in [3.8, 4) is 11.1 Å². The van der Waals surface area contributed by atoms with Gasteiger partial charge in [0.1, 0.15) is 5.82 Å². The molecule has 1 saturated carbocycles. The summed E-state index contributed by atoms with van der Waals surface area (Å²) >= 11 is 0. The molecule has 3 aromatic rings. The number of aliphatic hydroxyl groups is 1. The first-order valence-corrected chi connectivity index (χ1v) is 10.7. The predicted molar refractivity (Wildman–Crippen MR) is 117 cm³/mol. The minimum atomic E-state index is -0.513. The molecule has 1 fully saturated rings. The predicted octanol–water partition coefficient (Wildman–Crippen LogP) is 4.10. The molecule has 4 rings (SSSR count). The van der Waals surface area contributed by atoms with Crippen molar-refractivity contribution in [3.63, 3.8) is 0 Å². The lowest BCUT2D eigenvalue weighted by Crippen LogP contribution is -2.45. The number of amides is 1. The van der Waals surface area contributed by atoms with Crippen molar-refractivity contribution in [3.05, 3.63) is 83.7 Å². The van der Waals surface area contributed by atoms with Gasteiger partial charge in [-0.3, -0.25) is 14.8 Å². The lowest BCUT2D eigenvalue weighted by Gasteiger charge is -2.28. The van der Waals surface area contributed by atoms with Crippen molar-refractivity contribution in [2.75, 3.05) is 0 Å². The Kier molecular flexibility index (Phi) is 6.67. The SMILES string of the molecule is O=C(N[C@@H]1CCCC[C@H]1O)c1cnc(CCc2cccnc2)c(-c2ccc(F)cc2)c1. The number of carbonyl (C=O) groups excluding carboxylic acids is 1. The molecule has 1 aliphatic rings. The van der Waals surface area contributed by atoms with Crippen LogP contribution in [0, 0.1) is 5.82 Å². The van der Waals surface area contributed by atoms with Gasteiger partial charge in [-0.2, -0.15) is 0 Å². The molecule has 2 N–H and O–H groups in total. The van der Waals surface area contributed by atoms with Crippen LogP contribution in [0.4, 0.5) is 4.39 Å². The van der Waals surface area contributed by atoms with E-state index in [1.807, 2.05) is 24.4 Å². The zero-order chi connectivity index (χ0) is 21.6. The van der Waals surface area contributed by atoms with Gasteiger partial charge in [0, 0.05) is 29.8 Å². The van der Waals surface area contributed by atoms with E-state index in [9.17, 15) is 14.3 Å². The van der Waals surface area contributed by atoms with Crippen molar-refractivity contribution in [2.24, 2.45) is 0 Å². The van der Waals surface area contributed by atoms with Gasteiger partial charge in [-0.15, -0.1) is 0 Å². The number of aliphatic hydroxyl groups excluding tert-OH is 1. The van der Waals surface area contributed by atoms with Gasteiger partial charge in [0.15, 0.2) is 0 Å². The number of nitrogens with zero attached hydrogens (tertiary/aromatic N) is 2. The van der Waals surface area contributed by atoms with E-state index in [0.29, 0.717) is 18.4 Å². The summed E-state index contributed by atoms with van der Waals surface area (Å²) in [6.45, 7) is 0. The Morgan fingerprint density at radius 3 is 2.65 bits per heavy atom. The second-order valence-corrected chi connectivity index (χ2v) is 8.02. The fourth-order valence-electron chi connectivity index (χ4n) is 4.04. The molecular formula is C25H26FN3O2. The third-order valence-corrected chi connectivity index (χ3v) is 5.81. The highest BCUT2D eigenvalue weighted by Gasteiger charge is 2.25. The number of aryl methyl sites for hydroxylation is 2. The number of carbonyl (C=O) groups is 1. The third-order valence-electron chi connectivity index (χ3n) is 5.81. The largest absolute Gasteiger partial charge is 0.391 e. The number of hydrogen-bond acceptors (Lipinski definition) is 4. The lowest BCUT2D eigenvalue weighted by atomic mass is 9.92. The van der Waals surface area contributed by atoms with Crippen molar-refractivity contribution >= 4 is 5.91 Å². The molecule has 31 heavy (non-hydrogen) atoms. The second kappa shape index (κ2) is 9.79. The van der Waals surface area contributed by atoms with Gasteiger partial charge in [0.05, 0.1) is 17.7 Å². The third kappa shape index (κ3) is 5.33. The molecule has 0 bridgehead atoms. The Labute approximate surface area is 181 Å². The maximum Gasteiger partial charge on any atom is 0.253 e. The van der Waals surface area contributed by atoms with E-state index in [-0.39, 0.29) is 17.8 Å². The number of nitrogens with one attached hydrogen (secondary N) is 1. The minimum Gasteiger partial charge on any atom is -0.391 e. The van der Waals surface area contributed by atoms with Crippen LogP contribution >= 0.6 is 0 Å². The van der Waals surface area contributed by atoms with Crippen molar-refractivity contribution in [1.82, 2.24) is 15.3 Å². The molecule has 2 atom stereocenters. The van der Waals surface area contributed by atoms with Crippen LogP contribution in [-0.2, 0) is 12.8 Å². The minimum absolute atomic E-state index is 0.235. The summed E-state index contributed by atoms with van der Waals surface area (Å²) < 4.78 is 13.5. The Bertz CT molecular complexity index is 1020. The van der Waals surface area contributed by atoms with Gasteiger partial charge < -0.3 is 10.4 Å². The lowest BCUT2D eigenvalue weighted by molar-refractivity contribution is 0.0717. The van der Waals surface area contributed by atoms with Crippen molar-refractivity contribution in [2.45, 2.75) is 50.7 Å². The van der Waals surface area contributed by atoms with Gasteiger partial charge >= 0.3 is 0 Å². The smallest absolute Gasteiger partial charge is 0.253 e. The summed E-state index contributed by atoms with van der Waals surface area (Å²) in [5.41, 5.74) is 3.98. The highest BCUT2D eigenvalue weighted by atomic mass is 19.1. The Morgan fingerprint density at radius 1 is 1.10 bits per heavy atom. The van der Waals surface area contributed by atoms with Crippen LogP contribution < -0.4 is 5.32 Å². The number of aromatic nitrogens is 2. The number of rotatable bonds is 6. The molecule has 0 radical (unpaired) electrons. The molecule has 0 saturated heterocycles. The van der Waals surface area contributed by atoms with Crippen molar-refractivity contribution < 1.29 is 14.3 Å². The van der Waals surface area contributed by atoms with Crippen LogP contribution in [0.5, 0.6) is 0 Å². The topological polar surface area (TPSA) is 75.1 Å². The summed E-state index contributed by atoms with van der Waals surface area (Å²) in [7, 11) is 0. The first-order valence-electron chi connectivity index (χ1n) is 10.7. The van der Waals surface area contributed by atoms with E-state index in [4.69, 9.17) is 0 Å². The van der Waals surface area contributed by atoms with Crippen LogP contribution in [0.2, 0.25) is 0 Å². The Morgan fingerprint density at radius 2 is 1.90 bits per heavy atom. The molecule has 0 unspecified atom stereocenters. The maximum atomic E-state index is 13.5. The first-order chi connectivity index (χ1) is 15.1. The van der Waals surface area contributed by atoms with E-state index < -0.39 is 6.10 Å². The van der Waals surface area contributed by atoms with E-state index in [2.05, 4.69) is 15.3 Å². The van der Waals surface area contributed by atoms with Gasteiger partial charge in [0.2, 0.25) is 0 Å². The highest BCUT2D eigenvalue weighted by molar-refractivity contribution is 5.95. The zero-order valence-electron chi connectivity index (χ0n) is 17.3. The average molecular weight is 420 g/mol. The van der Waals surface area contributed by atoms with E-state index in [0.717, 1.165) is 48.1 Å². The number of halogens is 1. The maximum absolute atomic E-state index is 13.5. The van der Waals surface area contributed by atoms with Gasteiger partial charge in [-0.25, -0.2) is 4.39 Å². The summed E-state index contributed by atoms with van der Waals surface area (Å²) in [6, 6.07) is 11.7. The summed E-state index contributed by atoms with van der Waals surface area (Å²) in [6.07, 6.45) is 9.51. The first kappa shape index (κ1) is 21.1. The molecular weight excluding hydrogens is 393 g/mol. The molecule has 2 aromatic heterocycles. The monoisotopic (exact) mass is 419 g/mol. The Balaban J connectivity index is 1.59. The van der Waals surface area contributed by atoms with Gasteiger partial charge in [-0.05, 0) is 61.1 Å². The quantitative estimate of drug-likeness (QED) is 0.631. The molecule has 0 aliphatic heterocycles. The van der Waals surface area contributed by atoms with Crippen LogP contribution in [0.1, 0.15) is 47.3 Å². The van der Waals surface area contributed by atoms with E-state index >= 15 is 0 Å². The summed E-state index contributed by atoms with van der Waals surface area (Å²) in [5.74, 6) is -0.561. The number of pyridine rings is 2. The fourth-order valence-corrected chi connectivity index (χ4v) is 4.04. The van der Waals surface area contributed by atoms with Crippen molar-refractivity contribution in [1.29, 1.82) is 0 Å². The number of benzene rings is 1. The van der Waals surface area contributed by atoms with E-state index in [1.54, 1.807) is 24.5 Å². The van der Waals surface area contributed by atoms with Gasteiger partial charge in [0.25, 0.3) is 5.91 Å². The fraction of sp³-hybridized carbons (Fsp3) is 0.320. The van der Waals surface area contributed by atoms with Gasteiger partial charge in [-0.1, -0.05) is 31.0 Å². The molecule has 2 heterocycles. The Hall–Kier alpha value is -3.12. The van der Waals surface area contributed by atoms with E-state index in [1.165, 1.54) is 12.1 Å². The van der Waals surface area contributed by atoms with Crippen LogP contribution in [-0.4, -0.2) is 33.1 Å². The van der Waals surface area contributed by atoms with Crippen LogP contribution in [0.25, 0.3) is 11.1 Å². The highest BCUT2D eigenvalue weighted by Crippen LogP contribution is 2.26. The molecule has 1 amide bonds. The zero-order valence-corrected chi connectivity index (χ0v) is 17.3. The summed E-state index contributed by atoms with van der Waals surface area (Å²) in [4.78, 5) is 21.6. The molecule has 5 nitrogen and oxygen atoms in total. The molecule has 1 aliphatic carbocycles. The summed E-state index contributed by atoms with van der Waals surface area (Å²) in [5, 5.41) is 13.1. The molecule has 1 aromatic carbocycles. The molecule has 160 valence electrons. The standard InChI is InChI=1S/C25H26FN3O2/c26-20-10-8-18(9-11-20)21-14-19(25(31)29-23-5-1-2-6-24(23)30)16-28-22(21)12-7-17-4-3-13-27-15-17/h3-4,8-11,13-16,23-24,30H,1-2,5-7,12H2,(H,29,31)/t23-,24-/m1/s1. The molecule has 0 spiro atoms. The van der Waals surface area contributed by atoms with Crippen LogP contribution in [0.15, 0.2) is 61.1 Å². The van der Waals surface area contributed by atoms with Crippen LogP contribution in [0.3, 0.4) is 0 Å². The molecule has 6 heteroatoms. The number of hydrogen-bond donors (Lipinski definition) is 2. The second-order valence-electron chi connectivity index (χ2n) is 8.02. The average Bonchev–Trinajstić information content (AvgIpc) is 2.80. The normalized spacial score (nSPS) is 18.5.